The van der Waals surface area contributed by atoms with Crippen LogP contribution in [0.1, 0.15) is 90.0 Å². The predicted octanol–water partition coefficient (Wildman–Crippen LogP) is 4.59. The molecule has 1 aromatic rings. The second-order valence-electron chi connectivity index (χ2n) is 11.0. The highest BCUT2D eigenvalue weighted by Gasteiger charge is 2.38. The van der Waals surface area contributed by atoms with E-state index in [4.69, 9.17) is 9.47 Å². The van der Waals surface area contributed by atoms with E-state index in [1.807, 2.05) is 45.9 Å². The Labute approximate surface area is 228 Å². The molecule has 0 bridgehead atoms. The summed E-state index contributed by atoms with van der Waals surface area (Å²) in [6, 6.07) is 3.75. The first-order valence-corrected chi connectivity index (χ1v) is 13.4. The number of methoxy groups -OCH3 is 1. The Hall–Kier alpha value is -3.10. The fraction of sp³-hybridized carbons (Fsp3) is 0.655. The summed E-state index contributed by atoms with van der Waals surface area (Å²) in [5, 5.41) is 5.37. The zero-order valence-corrected chi connectivity index (χ0v) is 24.6. The second kappa shape index (κ2) is 15.3. The van der Waals surface area contributed by atoms with E-state index in [-0.39, 0.29) is 18.4 Å². The predicted molar refractivity (Wildman–Crippen MR) is 148 cm³/mol. The third-order valence-electron chi connectivity index (χ3n) is 6.15. The largest absolute Gasteiger partial charge is 0.468 e. The standard InChI is InChI=1S/C29H47N3O6/c1-10-11-12-13-17-32(27(35)24(19(2)3)31-28(36)38-29(6,7)8)25(26(34)30-18-22(33)37-9)23-20(4)15-14-16-21(23)5/h14-16,19,24-25H,10-13,17-18H2,1-9H3,(H,30,34)(H,31,36). The minimum Gasteiger partial charge on any atom is -0.468 e. The number of unbranched alkanes of at least 4 members (excludes halogenated alkanes) is 3. The smallest absolute Gasteiger partial charge is 0.408 e. The molecule has 0 aliphatic heterocycles. The normalized spacial score (nSPS) is 12.9. The number of benzene rings is 1. The maximum Gasteiger partial charge on any atom is 0.408 e. The lowest BCUT2D eigenvalue weighted by Crippen LogP contribution is -2.55. The molecule has 9 heteroatoms. The van der Waals surface area contributed by atoms with Crippen molar-refractivity contribution in [3.8, 4) is 0 Å². The van der Waals surface area contributed by atoms with E-state index in [2.05, 4.69) is 17.6 Å². The van der Waals surface area contributed by atoms with Gasteiger partial charge in [-0.1, -0.05) is 58.2 Å². The molecule has 2 N–H and O–H groups in total. The first kappa shape index (κ1) is 32.9. The van der Waals surface area contributed by atoms with Gasteiger partial charge in [0.15, 0.2) is 0 Å². The molecule has 0 aliphatic carbocycles. The number of alkyl carbamates (subject to hydrolysis) is 1. The van der Waals surface area contributed by atoms with E-state index < -0.39 is 35.7 Å². The summed E-state index contributed by atoms with van der Waals surface area (Å²) < 4.78 is 10.1. The Kier molecular flexibility index (Phi) is 13.3. The van der Waals surface area contributed by atoms with Crippen molar-refractivity contribution >= 4 is 23.9 Å². The fourth-order valence-electron chi connectivity index (χ4n) is 4.22. The van der Waals surface area contributed by atoms with Gasteiger partial charge >= 0.3 is 12.1 Å². The van der Waals surface area contributed by atoms with Crippen molar-refractivity contribution in [3.63, 3.8) is 0 Å². The third kappa shape index (κ3) is 10.3. The molecule has 2 unspecified atom stereocenters. The number of carbonyl (C=O) groups excluding carboxylic acids is 4. The maximum absolute atomic E-state index is 14.2. The molecule has 214 valence electrons. The molecule has 0 aliphatic rings. The Morgan fingerprint density at radius 3 is 2.11 bits per heavy atom. The van der Waals surface area contributed by atoms with Crippen LogP contribution in [0, 0.1) is 19.8 Å². The van der Waals surface area contributed by atoms with Crippen LogP contribution >= 0.6 is 0 Å². The van der Waals surface area contributed by atoms with Crippen LogP contribution in [0.4, 0.5) is 4.79 Å². The number of hydrogen-bond acceptors (Lipinski definition) is 6. The summed E-state index contributed by atoms with van der Waals surface area (Å²) in [4.78, 5) is 53.9. The maximum atomic E-state index is 14.2. The van der Waals surface area contributed by atoms with Crippen LogP contribution < -0.4 is 10.6 Å². The average Bonchev–Trinajstić information content (AvgIpc) is 2.82. The first-order valence-electron chi connectivity index (χ1n) is 13.4. The first-order chi connectivity index (χ1) is 17.7. The SMILES string of the molecule is CCCCCCN(C(=O)C(NC(=O)OC(C)(C)C)C(C)C)C(C(=O)NCC(=O)OC)c1c(C)cccc1C. The van der Waals surface area contributed by atoms with Crippen molar-refractivity contribution in [2.24, 2.45) is 5.92 Å². The summed E-state index contributed by atoms with van der Waals surface area (Å²) in [5.41, 5.74) is 1.65. The summed E-state index contributed by atoms with van der Waals surface area (Å²) in [6.45, 7) is 14.8. The topological polar surface area (TPSA) is 114 Å². The Morgan fingerprint density at radius 1 is 1.00 bits per heavy atom. The summed E-state index contributed by atoms with van der Waals surface area (Å²) in [7, 11) is 1.25. The van der Waals surface area contributed by atoms with E-state index in [9.17, 15) is 19.2 Å². The fourth-order valence-corrected chi connectivity index (χ4v) is 4.22. The number of nitrogens with zero attached hydrogens (tertiary/aromatic N) is 1. The number of amides is 3. The van der Waals surface area contributed by atoms with E-state index in [1.165, 1.54) is 7.11 Å². The minimum absolute atomic E-state index is 0.273. The van der Waals surface area contributed by atoms with Gasteiger partial charge in [0, 0.05) is 6.54 Å². The van der Waals surface area contributed by atoms with Crippen molar-refractivity contribution in [3.05, 3.63) is 34.9 Å². The van der Waals surface area contributed by atoms with Gasteiger partial charge in [-0.2, -0.15) is 0 Å². The van der Waals surface area contributed by atoms with Gasteiger partial charge in [0.1, 0.15) is 24.2 Å². The molecule has 0 heterocycles. The van der Waals surface area contributed by atoms with Crippen molar-refractivity contribution in [1.82, 2.24) is 15.5 Å². The van der Waals surface area contributed by atoms with Crippen molar-refractivity contribution in [1.29, 1.82) is 0 Å². The number of esters is 1. The number of rotatable bonds is 13. The van der Waals surface area contributed by atoms with Gasteiger partial charge < -0.3 is 25.0 Å². The van der Waals surface area contributed by atoms with Crippen LogP contribution in [0.15, 0.2) is 18.2 Å². The summed E-state index contributed by atoms with van der Waals surface area (Å²) >= 11 is 0. The molecule has 38 heavy (non-hydrogen) atoms. The van der Waals surface area contributed by atoms with Crippen molar-refractivity contribution in [2.45, 2.75) is 98.8 Å². The molecular formula is C29H47N3O6. The molecule has 0 fully saturated rings. The molecule has 3 amide bonds. The zero-order valence-electron chi connectivity index (χ0n) is 24.6. The minimum atomic E-state index is -1.00. The van der Waals surface area contributed by atoms with Gasteiger partial charge in [0.25, 0.3) is 0 Å². The molecule has 1 rings (SSSR count). The highest BCUT2D eigenvalue weighted by molar-refractivity contribution is 5.93. The Balaban J connectivity index is 3.56. The molecular weight excluding hydrogens is 486 g/mol. The average molecular weight is 534 g/mol. The lowest BCUT2D eigenvalue weighted by atomic mass is 9.92. The molecule has 0 radical (unpaired) electrons. The lowest BCUT2D eigenvalue weighted by molar-refractivity contribution is -0.145. The van der Waals surface area contributed by atoms with Gasteiger partial charge in [-0.25, -0.2) is 4.79 Å². The van der Waals surface area contributed by atoms with Crippen LogP contribution in [0.3, 0.4) is 0 Å². The van der Waals surface area contributed by atoms with Gasteiger partial charge in [-0.05, 0) is 63.6 Å². The molecule has 1 aromatic carbocycles. The lowest BCUT2D eigenvalue weighted by Gasteiger charge is -2.36. The summed E-state index contributed by atoms with van der Waals surface area (Å²) in [6.07, 6.45) is 2.88. The van der Waals surface area contributed by atoms with Crippen molar-refractivity contribution in [2.75, 3.05) is 20.2 Å². The molecule has 9 nitrogen and oxygen atoms in total. The third-order valence-corrected chi connectivity index (χ3v) is 6.15. The monoisotopic (exact) mass is 533 g/mol. The van der Waals surface area contributed by atoms with Crippen LogP contribution in [0.5, 0.6) is 0 Å². The number of nitrogens with one attached hydrogen (secondary N) is 2. The van der Waals surface area contributed by atoms with Crippen molar-refractivity contribution < 1.29 is 28.7 Å². The quantitative estimate of drug-likeness (QED) is 0.283. The van der Waals surface area contributed by atoms with Crippen LogP contribution in [-0.4, -0.2) is 60.6 Å². The Bertz CT molecular complexity index is 934. The molecule has 2 atom stereocenters. The second-order valence-corrected chi connectivity index (χ2v) is 11.0. The molecule has 0 aromatic heterocycles. The van der Waals surface area contributed by atoms with Crippen LogP contribution in [0.25, 0.3) is 0 Å². The zero-order chi connectivity index (χ0) is 29.0. The molecule has 0 saturated heterocycles. The van der Waals surface area contributed by atoms with Crippen LogP contribution in [-0.2, 0) is 23.9 Å². The van der Waals surface area contributed by atoms with Gasteiger partial charge in [-0.3, -0.25) is 14.4 Å². The van der Waals surface area contributed by atoms with Crippen LogP contribution in [0.2, 0.25) is 0 Å². The molecule has 0 saturated carbocycles. The van der Waals surface area contributed by atoms with Gasteiger partial charge in [0.05, 0.1) is 7.11 Å². The van der Waals surface area contributed by atoms with E-state index >= 15 is 0 Å². The van der Waals surface area contributed by atoms with Gasteiger partial charge in [-0.15, -0.1) is 0 Å². The highest BCUT2D eigenvalue weighted by atomic mass is 16.6. The number of aryl methyl sites for hydroxylation is 2. The number of hydrogen-bond donors (Lipinski definition) is 2. The summed E-state index contributed by atoms with van der Waals surface area (Å²) in [5.74, 6) is -1.74. The number of ether oxygens (including phenoxy) is 2. The Morgan fingerprint density at radius 2 is 1.61 bits per heavy atom. The van der Waals surface area contributed by atoms with Gasteiger partial charge in [0.2, 0.25) is 11.8 Å². The molecule has 0 spiro atoms. The highest BCUT2D eigenvalue weighted by Crippen LogP contribution is 2.29. The van der Waals surface area contributed by atoms with E-state index in [0.29, 0.717) is 18.5 Å². The van der Waals surface area contributed by atoms with E-state index in [0.717, 1.165) is 30.4 Å². The van der Waals surface area contributed by atoms with E-state index in [1.54, 1.807) is 25.7 Å². The number of carbonyl (C=O) groups is 4.